The molecular formula is C12H17BrN4O2. The Morgan fingerprint density at radius 1 is 1.42 bits per heavy atom. The zero-order valence-corrected chi connectivity index (χ0v) is 12.3. The Hall–Kier alpha value is -1.50. The summed E-state index contributed by atoms with van der Waals surface area (Å²) in [5.41, 5.74) is 5.23. The Morgan fingerprint density at radius 2 is 2.21 bits per heavy atom. The molecule has 1 saturated heterocycles. The molecule has 0 saturated carbocycles. The second-order valence-corrected chi connectivity index (χ2v) is 5.57. The predicted molar refractivity (Wildman–Crippen MR) is 74.5 cm³/mol. The highest BCUT2D eigenvalue weighted by molar-refractivity contribution is 9.10. The number of hydrazine groups is 1. The zero-order valence-electron chi connectivity index (χ0n) is 10.7. The summed E-state index contributed by atoms with van der Waals surface area (Å²) in [6.45, 7) is 2.75. The van der Waals surface area contributed by atoms with E-state index in [4.69, 9.17) is 0 Å². The van der Waals surface area contributed by atoms with Crippen LogP contribution < -0.4 is 10.9 Å². The molecule has 1 atom stereocenters. The van der Waals surface area contributed by atoms with Crippen LogP contribution in [0.25, 0.3) is 0 Å². The van der Waals surface area contributed by atoms with Crippen molar-refractivity contribution >= 4 is 27.9 Å². The maximum Gasteiger partial charge on any atom is 0.336 e. The zero-order chi connectivity index (χ0) is 13.8. The summed E-state index contributed by atoms with van der Waals surface area (Å²) in [6.07, 6.45) is 4.82. The smallest absolute Gasteiger partial charge is 0.336 e. The van der Waals surface area contributed by atoms with Crippen molar-refractivity contribution in [3.63, 3.8) is 0 Å². The van der Waals surface area contributed by atoms with Crippen LogP contribution in [0.15, 0.2) is 16.7 Å². The topological polar surface area (TPSA) is 77.2 Å². The molecule has 0 spiro atoms. The van der Waals surface area contributed by atoms with E-state index < -0.39 is 0 Å². The SMILES string of the molecule is CC1CCCCN1C(=O)NNC(=O)c1cc(Br)c[nH]1. The highest BCUT2D eigenvalue weighted by Crippen LogP contribution is 2.16. The van der Waals surface area contributed by atoms with Gasteiger partial charge in [0.2, 0.25) is 0 Å². The molecule has 6 nitrogen and oxygen atoms in total. The van der Waals surface area contributed by atoms with Gasteiger partial charge in [0.15, 0.2) is 0 Å². The molecule has 2 rings (SSSR count). The van der Waals surface area contributed by atoms with Gasteiger partial charge in [-0.05, 0) is 48.2 Å². The first-order valence-corrected chi connectivity index (χ1v) is 7.08. The van der Waals surface area contributed by atoms with Crippen molar-refractivity contribution < 1.29 is 9.59 Å². The van der Waals surface area contributed by atoms with Gasteiger partial charge in [0, 0.05) is 23.3 Å². The number of aromatic amines is 1. The van der Waals surface area contributed by atoms with E-state index in [2.05, 4.69) is 31.8 Å². The van der Waals surface area contributed by atoms with Gasteiger partial charge in [-0.25, -0.2) is 10.2 Å². The van der Waals surface area contributed by atoms with E-state index in [1.807, 2.05) is 6.92 Å². The Balaban J connectivity index is 1.84. The minimum absolute atomic E-state index is 0.213. The largest absolute Gasteiger partial charge is 0.356 e. The van der Waals surface area contributed by atoms with Crippen LogP contribution in [0, 0.1) is 0 Å². The van der Waals surface area contributed by atoms with E-state index in [0.29, 0.717) is 5.69 Å². The fourth-order valence-electron chi connectivity index (χ4n) is 2.15. The molecule has 2 heterocycles. The molecule has 1 fully saturated rings. The molecule has 1 aromatic heterocycles. The van der Waals surface area contributed by atoms with Gasteiger partial charge in [0.05, 0.1) is 0 Å². The van der Waals surface area contributed by atoms with Gasteiger partial charge in [-0.1, -0.05) is 0 Å². The minimum Gasteiger partial charge on any atom is -0.356 e. The van der Waals surface area contributed by atoms with Crippen molar-refractivity contribution in [1.29, 1.82) is 0 Å². The highest BCUT2D eigenvalue weighted by Gasteiger charge is 2.23. The van der Waals surface area contributed by atoms with E-state index in [1.54, 1.807) is 17.2 Å². The molecular weight excluding hydrogens is 312 g/mol. The van der Waals surface area contributed by atoms with Crippen LogP contribution in [-0.4, -0.2) is 34.4 Å². The van der Waals surface area contributed by atoms with Crippen LogP contribution in [0.5, 0.6) is 0 Å². The third-order valence-electron chi connectivity index (χ3n) is 3.24. The Labute approximate surface area is 120 Å². The number of H-pyrrole nitrogens is 1. The van der Waals surface area contributed by atoms with Gasteiger partial charge in [-0.15, -0.1) is 0 Å². The average molecular weight is 329 g/mol. The summed E-state index contributed by atoms with van der Waals surface area (Å²) >= 11 is 3.24. The lowest BCUT2D eigenvalue weighted by atomic mass is 10.0. The summed E-state index contributed by atoms with van der Waals surface area (Å²) in [5, 5.41) is 0. The average Bonchev–Trinajstić information content (AvgIpc) is 2.83. The van der Waals surface area contributed by atoms with Gasteiger partial charge in [-0.2, -0.15) is 0 Å². The first-order chi connectivity index (χ1) is 9.08. The van der Waals surface area contributed by atoms with Gasteiger partial charge in [0.1, 0.15) is 5.69 Å². The van der Waals surface area contributed by atoms with E-state index in [-0.39, 0.29) is 18.0 Å². The number of aromatic nitrogens is 1. The number of halogens is 1. The summed E-state index contributed by atoms with van der Waals surface area (Å²) < 4.78 is 0.786. The lowest BCUT2D eigenvalue weighted by molar-refractivity contribution is 0.0917. The second kappa shape index (κ2) is 6.10. The molecule has 0 bridgehead atoms. The fraction of sp³-hybridized carbons (Fsp3) is 0.500. The summed E-state index contributed by atoms with van der Waals surface area (Å²) in [7, 11) is 0. The molecule has 0 aromatic carbocycles. The summed E-state index contributed by atoms with van der Waals surface area (Å²) in [5.74, 6) is -0.372. The molecule has 1 unspecified atom stereocenters. The first-order valence-electron chi connectivity index (χ1n) is 6.29. The number of hydrogen-bond acceptors (Lipinski definition) is 2. The number of piperidine rings is 1. The van der Waals surface area contributed by atoms with Crippen LogP contribution >= 0.6 is 15.9 Å². The first kappa shape index (κ1) is 13.9. The van der Waals surface area contributed by atoms with E-state index in [1.165, 1.54) is 0 Å². The van der Waals surface area contributed by atoms with Crippen molar-refractivity contribution in [1.82, 2.24) is 20.7 Å². The second-order valence-electron chi connectivity index (χ2n) is 4.65. The van der Waals surface area contributed by atoms with E-state index in [0.717, 1.165) is 30.3 Å². The number of carbonyl (C=O) groups excluding carboxylic acids is 2. The standard InChI is InChI=1S/C12H17BrN4O2/c1-8-4-2-3-5-17(8)12(19)16-15-11(18)10-6-9(13)7-14-10/h6-8,14H,2-5H2,1H3,(H,15,18)(H,16,19). The van der Waals surface area contributed by atoms with E-state index >= 15 is 0 Å². The number of nitrogens with zero attached hydrogens (tertiary/aromatic N) is 1. The summed E-state index contributed by atoms with van der Waals surface area (Å²) in [4.78, 5) is 28.2. The van der Waals surface area contributed by atoms with Crippen LogP contribution in [0.4, 0.5) is 4.79 Å². The van der Waals surface area contributed by atoms with Crippen molar-refractivity contribution in [2.75, 3.05) is 6.54 Å². The number of likely N-dealkylation sites (tertiary alicyclic amines) is 1. The number of nitrogens with one attached hydrogen (secondary N) is 3. The van der Waals surface area contributed by atoms with Crippen LogP contribution in [-0.2, 0) is 0 Å². The maximum absolute atomic E-state index is 11.9. The number of rotatable bonds is 1. The lowest BCUT2D eigenvalue weighted by Crippen LogP contribution is -2.52. The molecule has 1 aliphatic heterocycles. The Morgan fingerprint density at radius 3 is 2.84 bits per heavy atom. The number of carbonyl (C=O) groups is 2. The number of amides is 3. The fourth-order valence-corrected chi connectivity index (χ4v) is 2.49. The minimum atomic E-state index is -0.372. The van der Waals surface area contributed by atoms with Crippen molar-refractivity contribution in [3.05, 3.63) is 22.4 Å². The Kier molecular flexibility index (Phi) is 4.47. The molecule has 3 amide bonds. The Bertz CT molecular complexity index is 474. The lowest BCUT2D eigenvalue weighted by Gasteiger charge is -2.33. The molecule has 0 aliphatic carbocycles. The quantitative estimate of drug-likeness (QED) is 0.689. The van der Waals surface area contributed by atoms with Crippen LogP contribution in [0.1, 0.15) is 36.7 Å². The van der Waals surface area contributed by atoms with Gasteiger partial charge < -0.3 is 9.88 Å². The van der Waals surface area contributed by atoms with Crippen LogP contribution in [0.2, 0.25) is 0 Å². The molecule has 1 aliphatic rings. The molecule has 19 heavy (non-hydrogen) atoms. The van der Waals surface area contributed by atoms with Crippen molar-refractivity contribution in [2.24, 2.45) is 0 Å². The predicted octanol–water partition coefficient (Wildman–Crippen LogP) is 2.01. The molecule has 7 heteroatoms. The van der Waals surface area contributed by atoms with Crippen molar-refractivity contribution in [3.8, 4) is 0 Å². The van der Waals surface area contributed by atoms with Crippen LogP contribution in [0.3, 0.4) is 0 Å². The maximum atomic E-state index is 11.9. The molecule has 0 radical (unpaired) electrons. The number of urea groups is 1. The molecule has 1 aromatic rings. The highest BCUT2D eigenvalue weighted by atomic mass is 79.9. The summed E-state index contributed by atoms with van der Waals surface area (Å²) in [6, 6.07) is 1.60. The molecule has 3 N–H and O–H groups in total. The van der Waals surface area contributed by atoms with Gasteiger partial charge in [0.25, 0.3) is 5.91 Å². The normalized spacial score (nSPS) is 19.1. The number of hydrogen-bond donors (Lipinski definition) is 3. The van der Waals surface area contributed by atoms with Gasteiger partial charge >= 0.3 is 6.03 Å². The molecule has 104 valence electrons. The van der Waals surface area contributed by atoms with E-state index in [9.17, 15) is 9.59 Å². The monoisotopic (exact) mass is 328 g/mol. The van der Waals surface area contributed by atoms with Gasteiger partial charge in [-0.3, -0.25) is 10.2 Å². The third kappa shape index (κ3) is 3.50. The van der Waals surface area contributed by atoms with Crippen molar-refractivity contribution in [2.45, 2.75) is 32.2 Å². The third-order valence-corrected chi connectivity index (χ3v) is 3.70.